The van der Waals surface area contributed by atoms with Crippen LogP contribution < -0.4 is 4.74 Å². The van der Waals surface area contributed by atoms with Crippen LogP contribution in [0.3, 0.4) is 0 Å². The van der Waals surface area contributed by atoms with Gasteiger partial charge in [-0.2, -0.15) is 0 Å². The van der Waals surface area contributed by atoms with E-state index in [0.717, 1.165) is 5.56 Å². The number of nitrogens with zero attached hydrogens (tertiary/aromatic N) is 1. The lowest BCUT2D eigenvalue weighted by Gasteiger charge is -2.10. The lowest BCUT2D eigenvalue weighted by Crippen LogP contribution is -2.01. The molecular weight excluding hydrogens is 301 g/mol. The van der Waals surface area contributed by atoms with Crippen LogP contribution in [0.15, 0.2) is 42.5 Å². The Bertz CT molecular complexity index is 632. The van der Waals surface area contributed by atoms with Gasteiger partial charge in [0.2, 0.25) is 0 Å². The fourth-order valence-electron chi connectivity index (χ4n) is 1.76. The van der Waals surface area contributed by atoms with Crippen LogP contribution in [-0.2, 0) is 12.5 Å². The zero-order valence-electron chi connectivity index (χ0n) is 10.4. The third-order valence-corrected chi connectivity index (χ3v) is 3.26. The molecule has 20 heavy (non-hydrogen) atoms. The minimum absolute atomic E-state index is 0.0360. The van der Waals surface area contributed by atoms with Crippen molar-refractivity contribution in [1.82, 2.24) is 0 Å². The molecule has 2 aromatic rings. The molecule has 0 aromatic heterocycles. The second kappa shape index (κ2) is 6.59. The lowest BCUT2D eigenvalue weighted by molar-refractivity contribution is -0.385. The summed E-state index contributed by atoms with van der Waals surface area (Å²) in [5.41, 5.74) is 1.29. The van der Waals surface area contributed by atoms with E-state index in [1.165, 1.54) is 6.07 Å². The number of para-hydroxylation sites is 1. The fraction of sp³-hybridized carbons (Fsp3) is 0.143. The summed E-state index contributed by atoms with van der Waals surface area (Å²) in [5.74, 6) is 0.829. The van der Waals surface area contributed by atoms with Crippen LogP contribution in [0.4, 0.5) is 5.69 Å². The zero-order chi connectivity index (χ0) is 14.5. The Balaban J connectivity index is 2.19. The van der Waals surface area contributed by atoms with Gasteiger partial charge >= 0.3 is 0 Å². The van der Waals surface area contributed by atoms with Crippen LogP contribution in [0.25, 0.3) is 0 Å². The Hall–Kier alpha value is -1.78. The number of ether oxygens (including phenoxy) is 1. The van der Waals surface area contributed by atoms with Gasteiger partial charge in [0, 0.05) is 16.7 Å². The summed E-state index contributed by atoms with van der Waals surface area (Å²) in [5, 5.41) is 11.5. The second-order valence-electron chi connectivity index (χ2n) is 4.06. The van der Waals surface area contributed by atoms with Crippen LogP contribution in [0.5, 0.6) is 5.75 Å². The molecule has 2 rings (SSSR count). The normalized spacial score (nSPS) is 10.3. The van der Waals surface area contributed by atoms with Gasteiger partial charge in [-0.25, -0.2) is 0 Å². The Kier molecular flexibility index (Phi) is 4.82. The van der Waals surface area contributed by atoms with E-state index in [2.05, 4.69) is 0 Å². The van der Waals surface area contributed by atoms with Crippen molar-refractivity contribution in [3.63, 3.8) is 0 Å². The summed E-state index contributed by atoms with van der Waals surface area (Å²) in [4.78, 5) is 10.5. The van der Waals surface area contributed by atoms with E-state index >= 15 is 0 Å². The molecule has 0 spiro atoms. The summed E-state index contributed by atoms with van der Waals surface area (Å²) >= 11 is 11.7. The number of hydrogen-bond acceptors (Lipinski definition) is 3. The number of halogens is 2. The van der Waals surface area contributed by atoms with Gasteiger partial charge in [-0.15, -0.1) is 11.6 Å². The van der Waals surface area contributed by atoms with Crippen molar-refractivity contribution in [3.05, 3.63) is 68.7 Å². The average molecular weight is 312 g/mol. The number of hydrogen-bond donors (Lipinski definition) is 0. The molecule has 0 aliphatic heterocycles. The molecule has 0 bridgehead atoms. The topological polar surface area (TPSA) is 52.4 Å². The van der Waals surface area contributed by atoms with Gasteiger partial charge in [0.15, 0.2) is 0 Å². The fourth-order valence-corrected chi connectivity index (χ4v) is 2.16. The highest BCUT2D eigenvalue weighted by Crippen LogP contribution is 2.26. The average Bonchev–Trinajstić information content (AvgIpc) is 2.46. The molecule has 0 unspecified atom stereocenters. The minimum atomic E-state index is -0.428. The molecule has 4 nitrogen and oxygen atoms in total. The van der Waals surface area contributed by atoms with Crippen molar-refractivity contribution in [1.29, 1.82) is 0 Å². The Morgan fingerprint density at radius 2 is 1.90 bits per heavy atom. The number of nitro groups is 1. The molecule has 0 saturated heterocycles. The molecule has 0 fully saturated rings. The quantitative estimate of drug-likeness (QED) is 0.462. The van der Waals surface area contributed by atoms with E-state index in [1.807, 2.05) is 0 Å². The van der Waals surface area contributed by atoms with Crippen LogP contribution in [0, 0.1) is 10.1 Å². The summed E-state index contributed by atoms with van der Waals surface area (Å²) < 4.78 is 5.61. The summed E-state index contributed by atoms with van der Waals surface area (Å²) in [7, 11) is 0. The lowest BCUT2D eigenvalue weighted by atomic mass is 10.2. The van der Waals surface area contributed by atoms with Crippen LogP contribution in [0.2, 0.25) is 5.02 Å². The first-order valence-corrected chi connectivity index (χ1v) is 6.72. The molecular formula is C14H11Cl2NO3. The van der Waals surface area contributed by atoms with Gasteiger partial charge in [0.05, 0.1) is 16.4 Å². The molecule has 0 aliphatic rings. The van der Waals surface area contributed by atoms with Gasteiger partial charge < -0.3 is 4.74 Å². The van der Waals surface area contributed by atoms with Gasteiger partial charge in [0.1, 0.15) is 12.4 Å². The highest BCUT2D eigenvalue weighted by Gasteiger charge is 2.13. The molecule has 0 amide bonds. The smallest absolute Gasteiger partial charge is 0.276 e. The first kappa shape index (κ1) is 14.6. The predicted octanol–water partition coefficient (Wildman–Crippen LogP) is 4.57. The van der Waals surface area contributed by atoms with E-state index in [1.54, 1.807) is 36.4 Å². The maximum absolute atomic E-state index is 10.9. The molecule has 0 heterocycles. The molecule has 2 aromatic carbocycles. The first-order chi connectivity index (χ1) is 9.61. The standard InChI is InChI=1S/C14H11Cl2NO3/c15-8-11-7-12(16)5-6-14(11)20-9-10-3-1-2-4-13(10)17(18)19/h1-7H,8-9H2. The maximum Gasteiger partial charge on any atom is 0.276 e. The van der Waals surface area contributed by atoms with Crippen molar-refractivity contribution < 1.29 is 9.66 Å². The van der Waals surface area contributed by atoms with Crippen LogP contribution in [-0.4, -0.2) is 4.92 Å². The number of rotatable bonds is 5. The van der Waals surface area contributed by atoms with Crippen LogP contribution >= 0.6 is 23.2 Å². The molecule has 6 heteroatoms. The van der Waals surface area contributed by atoms with E-state index in [4.69, 9.17) is 27.9 Å². The molecule has 0 atom stereocenters. The number of nitro benzene ring substituents is 1. The van der Waals surface area contributed by atoms with Crippen molar-refractivity contribution in [2.24, 2.45) is 0 Å². The van der Waals surface area contributed by atoms with Crippen molar-refractivity contribution in [2.45, 2.75) is 12.5 Å². The number of alkyl halides is 1. The molecule has 0 aliphatic carbocycles. The van der Waals surface area contributed by atoms with Gasteiger partial charge in [-0.05, 0) is 24.3 Å². The van der Waals surface area contributed by atoms with Crippen molar-refractivity contribution >= 4 is 28.9 Å². The SMILES string of the molecule is O=[N+]([O-])c1ccccc1COc1ccc(Cl)cc1CCl. The summed E-state index contributed by atoms with van der Waals surface area (Å²) in [6.07, 6.45) is 0. The minimum Gasteiger partial charge on any atom is -0.488 e. The Morgan fingerprint density at radius 1 is 1.15 bits per heavy atom. The summed E-state index contributed by atoms with van der Waals surface area (Å²) in [6, 6.07) is 11.6. The monoisotopic (exact) mass is 311 g/mol. The first-order valence-electron chi connectivity index (χ1n) is 5.81. The molecule has 0 radical (unpaired) electrons. The van der Waals surface area contributed by atoms with Gasteiger partial charge in [0.25, 0.3) is 5.69 Å². The highest BCUT2D eigenvalue weighted by atomic mass is 35.5. The van der Waals surface area contributed by atoms with Gasteiger partial charge in [-0.3, -0.25) is 10.1 Å². The molecule has 104 valence electrons. The Labute approximate surface area is 126 Å². The van der Waals surface area contributed by atoms with E-state index in [0.29, 0.717) is 16.3 Å². The Morgan fingerprint density at radius 3 is 2.60 bits per heavy atom. The molecule has 0 saturated carbocycles. The van der Waals surface area contributed by atoms with E-state index < -0.39 is 4.92 Å². The van der Waals surface area contributed by atoms with Crippen molar-refractivity contribution in [3.8, 4) is 5.75 Å². The second-order valence-corrected chi connectivity index (χ2v) is 4.76. The maximum atomic E-state index is 10.9. The third kappa shape index (κ3) is 3.40. The van der Waals surface area contributed by atoms with Crippen molar-refractivity contribution in [2.75, 3.05) is 0 Å². The molecule has 0 N–H and O–H groups in total. The van der Waals surface area contributed by atoms with Crippen LogP contribution in [0.1, 0.15) is 11.1 Å². The highest BCUT2D eigenvalue weighted by molar-refractivity contribution is 6.30. The van der Waals surface area contributed by atoms with Gasteiger partial charge in [-0.1, -0.05) is 23.7 Å². The van der Waals surface area contributed by atoms with E-state index in [9.17, 15) is 10.1 Å². The summed E-state index contributed by atoms with van der Waals surface area (Å²) in [6.45, 7) is 0.0999. The largest absolute Gasteiger partial charge is 0.488 e. The third-order valence-electron chi connectivity index (χ3n) is 2.74. The predicted molar refractivity (Wildman–Crippen MR) is 78.4 cm³/mol. The van der Waals surface area contributed by atoms with E-state index in [-0.39, 0.29) is 18.2 Å². The number of benzene rings is 2. The zero-order valence-corrected chi connectivity index (χ0v) is 11.9.